The van der Waals surface area contributed by atoms with Gasteiger partial charge in [-0.15, -0.1) is 11.3 Å². The molecule has 2 heterocycles. The van der Waals surface area contributed by atoms with Gasteiger partial charge in [0.25, 0.3) is 0 Å². The van der Waals surface area contributed by atoms with Crippen LogP contribution in [0, 0.1) is 6.92 Å². The molecule has 0 aliphatic heterocycles. The number of likely N-dealkylation sites (N-methyl/N-ethyl adjacent to an activating group) is 1. The highest BCUT2D eigenvalue weighted by Crippen LogP contribution is 2.27. The molecule has 2 rings (SSSR count). The number of aryl methyl sites for hydroxylation is 1. The van der Waals surface area contributed by atoms with Crippen LogP contribution in [0.15, 0.2) is 34.1 Å². The second kappa shape index (κ2) is 6.45. The van der Waals surface area contributed by atoms with Crippen LogP contribution in [-0.2, 0) is 6.42 Å². The van der Waals surface area contributed by atoms with Gasteiger partial charge in [-0.3, -0.25) is 4.98 Å². The van der Waals surface area contributed by atoms with Gasteiger partial charge in [-0.05, 0) is 53.0 Å². The van der Waals surface area contributed by atoms with Crippen LogP contribution in [0.4, 0.5) is 0 Å². The van der Waals surface area contributed by atoms with E-state index < -0.39 is 0 Å². The first kappa shape index (κ1) is 13.7. The van der Waals surface area contributed by atoms with E-state index in [-0.39, 0.29) is 6.04 Å². The van der Waals surface area contributed by atoms with Gasteiger partial charge < -0.3 is 5.32 Å². The van der Waals surface area contributed by atoms with Crippen molar-refractivity contribution in [3.8, 4) is 0 Å². The molecule has 2 nitrogen and oxygen atoms in total. The summed E-state index contributed by atoms with van der Waals surface area (Å²) < 4.78 is 1.20. The molecule has 1 N–H and O–H groups in total. The molecule has 2 aromatic rings. The van der Waals surface area contributed by atoms with Crippen molar-refractivity contribution in [2.24, 2.45) is 0 Å². The molecule has 2 aromatic heterocycles. The lowest BCUT2D eigenvalue weighted by Gasteiger charge is -2.17. The van der Waals surface area contributed by atoms with Crippen molar-refractivity contribution < 1.29 is 0 Å². The van der Waals surface area contributed by atoms with E-state index in [2.05, 4.69) is 56.7 Å². The standard InChI is InChI=1S/C14H17BrN2S/c1-3-16-13(9-14-11(15)7-8-18-14)12-6-4-5-10(2)17-12/h4-8,13,16H,3,9H2,1-2H3. The predicted molar refractivity (Wildman–Crippen MR) is 81.1 cm³/mol. The maximum atomic E-state index is 4.63. The second-order valence-corrected chi connectivity index (χ2v) is 6.06. The van der Waals surface area contributed by atoms with Crippen molar-refractivity contribution in [3.63, 3.8) is 0 Å². The third-order valence-electron chi connectivity index (χ3n) is 2.80. The fraction of sp³-hybridized carbons (Fsp3) is 0.357. The van der Waals surface area contributed by atoms with Crippen LogP contribution in [0.3, 0.4) is 0 Å². The molecular formula is C14H17BrN2S. The zero-order valence-corrected chi connectivity index (χ0v) is 13.0. The molecule has 18 heavy (non-hydrogen) atoms. The Labute approximate surface area is 121 Å². The van der Waals surface area contributed by atoms with Gasteiger partial charge in [0, 0.05) is 21.5 Å². The topological polar surface area (TPSA) is 24.9 Å². The van der Waals surface area contributed by atoms with E-state index in [0.717, 1.165) is 24.4 Å². The van der Waals surface area contributed by atoms with Crippen LogP contribution in [0.5, 0.6) is 0 Å². The van der Waals surface area contributed by atoms with Gasteiger partial charge in [0.2, 0.25) is 0 Å². The maximum absolute atomic E-state index is 4.63. The minimum absolute atomic E-state index is 0.282. The molecule has 4 heteroatoms. The van der Waals surface area contributed by atoms with Crippen LogP contribution in [0.25, 0.3) is 0 Å². The van der Waals surface area contributed by atoms with Gasteiger partial charge in [-0.25, -0.2) is 0 Å². The molecule has 0 spiro atoms. The lowest BCUT2D eigenvalue weighted by molar-refractivity contribution is 0.538. The highest BCUT2D eigenvalue weighted by molar-refractivity contribution is 9.10. The third-order valence-corrected chi connectivity index (χ3v) is 4.75. The van der Waals surface area contributed by atoms with Crippen molar-refractivity contribution in [3.05, 3.63) is 50.4 Å². The van der Waals surface area contributed by atoms with E-state index in [0.29, 0.717) is 0 Å². The first-order valence-corrected chi connectivity index (χ1v) is 7.76. The molecule has 0 aromatic carbocycles. The maximum Gasteiger partial charge on any atom is 0.0580 e. The van der Waals surface area contributed by atoms with Gasteiger partial charge in [-0.1, -0.05) is 13.0 Å². The van der Waals surface area contributed by atoms with Crippen molar-refractivity contribution in [1.82, 2.24) is 10.3 Å². The number of nitrogens with one attached hydrogen (secondary N) is 1. The van der Waals surface area contributed by atoms with Crippen molar-refractivity contribution in [2.45, 2.75) is 26.3 Å². The van der Waals surface area contributed by atoms with Crippen LogP contribution < -0.4 is 5.32 Å². The van der Waals surface area contributed by atoms with Crippen molar-refractivity contribution >= 4 is 27.3 Å². The van der Waals surface area contributed by atoms with Gasteiger partial charge in [0.05, 0.1) is 11.7 Å². The molecule has 0 aliphatic carbocycles. The fourth-order valence-electron chi connectivity index (χ4n) is 1.94. The predicted octanol–water partition coefficient (Wildman–Crippen LogP) is 4.11. The molecule has 0 aliphatic rings. The SMILES string of the molecule is CCNC(Cc1sccc1Br)c1cccc(C)n1. The zero-order valence-electron chi connectivity index (χ0n) is 10.6. The van der Waals surface area contributed by atoms with Crippen LogP contribution in [0.2, 0.25) is 0 Å². The number of pyridine rings is 1. The minimum atomic E-state index is 0.282. The summed E-state index contributed by atoms with van der Waals surface area (Å²) in [4.78, 5) is 5.99. The number of hydrogen-bond donors (Lipinski definition) is 1. The third kappa shape index (κ3) is 3.40. The van der Waals surface area contributed by atoms with Gasteiger partial charge in [0.1, 0.15) is 0 Å². The molecule has 0 saturated heterocycles. The summed E-state index contributed by atoms with van der Waals surface area (Å²) in [6.45, 7) is 5.11. The smallest absolute Gasteiger partial charge is 0.0580 e. The normalized spacial score (nSPS) is 12.6. The summed E-state index contributed by atoms with van der Waals surface area (Å²) in [5.41, 5.74) is 2.19. The monoisotopic (exact) mass is 324 g/mol. The summed E-state index contributed by atoms with van der Waals surface area (Å²) in [6.07, 6.45) is 0.975. The summed E-state index contributed by atoms with van der Waals surface area (Å²) in [6, 6.07) is 8.60. The van der Waals surface area contributed by atoms with Gasteiger partial charge >= 0.3 is 0 Å². The molecule has 0 amide bonds. The van der Waals surface area contributed by atoms with Gasteiger partial charge in [0.15, 0.2) is 0 Å². The molecule has 1 unspecified atom stereocenters. The van der Waals surface area contributed by atoms with Crippen molar-refractivity contribution in [2.75, 3.05) is 6.54 Å². The molecule has 96 valence electrons. The molecule has 0 radical (unpaired) electrons. The number of hydrogen-bond acceptors (Lipinski definition) is 3. The molecular weight excluding hydrogens is 308 g/mol. The van der Waals surface area contributed by atoms with Crippen LogP contribution in [-0.4, -0.2) is 11.5 Å². The molecule has 1 atom stereocenters. The molecule has 0 fully saturated rings. The summed E-state index contributed by atoms with van der Waals surface area (Å²) >= 11 is 5.38. The fourth-order valence-corrected chi connectivity index (χ4v) is 3.50. The Hall–Kier alpha value is -0.710. The second-order valence-electron chi connectivity index (χ2n) is 4.21. The largest absolute Gasteiger partial charge is 0.309 e. The highest BCUT2D eigenvalue weighted by Gasteiger charge is 2.15. The Bertz CT molecular complexity index is 510. The lowest BCUT2D eigenvalue weighted by Crippen LogP contribution is -2.23. The summed E-state index contributed by atoms with van der Waals surface area (Å²) in [5, 5.41) is 5.63. The Balaban J connectivity index is 2.20. The number of rotatable bonds is 5. The van der Waals surface area contributed by atoms with E-state index >= 15 is 0 Å². The Kier molecular flexibility index (Phi) is 4.92. The highest BCUT2D eigenvalue weighted by atomic mass is 79.9. The van der Waals surface area contributed by atoms with E-state index in [1.807, 2.05) is 13.0 Å². The van der Waals surface area contributed by atoms with E-state index in [1.165, 1.54) is 9.35 Å². The first-order chi connectivity index (χ1) is 8.70. The van der Waals surface area contributed by atoms with E-state index in [4.69, 9.17) is 0 Å². The van der Waals surface area contributed by atoms with Crippen molar-refractivity contribution in [1.29, 1.82) is 0 Å². The molecule has 0 bridgehead atoms. The Morgan fingerprint density at radius 3 is 2.83 bits per heavy atom. The summed E-state index contributed by atoms with van der Waals surface area (Å²) in [7, 11) is 0. The molecule has 0 saturated carbocycles. The number of halogens is 1. The van der Waals surface area contributed by atoms with Crippen LogP contribution >= 0.6 is 27.3 Å². The Morgan fingerprint density at radius 2 is 2.22 bits per heavy atom. The van der Waals surface area contributed by atoms with E-state index in [9.17, 15) is 0 Å². The number of aromatic nitrogens is 1. The van der Waals surface area contributed by atoms with Crippen LogP contribution in [0.1, 0.15) is 29.2 Å². The van der Waals surface area contributed by atoms with E-state index in [1.54, 1.807) is 11.3 Å². The quantitative estimate of drug-likeness (QED) is 0.895. The number of nitrogens with zero attached hydrogens (tertiary/aromatic N) is 1. The lowest BCUT2D eigenvalue weighted by atomic mass is 10.1. The number of thiophene rings is 1. The zero-order chi connectivity index (χ0) is 13.0. The Morgan fingerprint density at radius 1 is 1.39 bits per heavy atom. The van der Waals surface area contributed by atoms with Gasteiger partial charge in [-0.2, -0.15) is 0 Å². The average Bonchev–Trinajstić information content (AvgIpc) is 2.74. The minimum Gasteiger partial charge on any atom is -0.309 e. The first-order valence-electron chi connectivity index (χ1n) is 6.09. The summed E-state index contributed by atoms with van der Waals surface area (Å²) in [5.74, 6) is 0. The average molecular weight is 325 g/mol.